The molecule has 0 spiro atoms. The van der Waals surface area contributed by atoms with Crippen molar-refractivity contribution < 1.29 is 17.6 Å². The fraction of sp³-hybridized carbons (Fsp3) is 0.714. The Morgan fingerprint density at radius 3 is 2.75 bits per heavy atom. The summed E-state index contributed by atoms with van der Waals surface area (Å²) in [6.45, 7) is 2.32. The van der Waals surface area contributed by atoms with Gasteiger partial charge in [0.2, 0.25) is 0 Å². The van der Waals surface area contributed by atoms with Crippen LogP contribution in [0.3, 0.4) is 0 Å². The molecule has 1 heterocycles. The minimum atomic E-state index is -4.16. The van der Waals surface area contributed by atoms with Gasteiger partial charge in [-0.05, 0) is 31.9 Å². The van der Waals surface area contributed by atoms with E-state index in [-0.39, 0.29) is 6.54 Å². The Balaban J connectivity index is 1.92. The average Bonchev–Trinajstić information content (AvgIpc) is 3.06. The highest BCUT2D eigenvalue weighted by Crippen LogP contribution is 2.22. The Labute approximate surface area is 117 Å². The van der Waals surface area contributed by atoms with Crippen molar-refractivity contribution in [3.05, 3.63) is 23.7 Å². The lowest BCUT2D eigenvalue weighted by atomic mass is 10.2. The Bertz CT molecular complexity index is 413. The van der Waals surface area contributed by atoms with Gasteiger partial charge in [-0.1, -0.05) is 6.92 Å². The molecule has 20 heavy (non-hydrogen) atoms. The summed E-state index contributed by atoms with van der Waals surface area (Å²) in [5.74, 6) is 0.750. The SMILES string of the molecule is CCCN(Cc1ccoc1CNC1CC1)CC(F)(F)F. The quantitative estimate of drug-likeness (QED) is 0.796. The monoisotopic (exact) mass is 290 g/mol. The van der Waals surface area contributed by atoms with E-state index in [0.29, 0.717) is 25.6 Å². The van der Waals surface area contributed by atoms with Gasteiger partial charge in [0.1, 0.15) is 5.76 Å². The van der Waals surface area contributed by atoms with Crippen LogP contribution in [0.4, 0.5) is 13.2 Å². The number of rotatable bonds is 8. The van der Waals surface area contributed by atoms with Crippen LogP contribution >= 0.6 is 0 Å². The van der Waals surface area contributed by atoms with Crippen molar-refractivity contribution in [2.75, 3.05) is 13.1 Å². The first kappa shape index (κ1) is 15.4. The van der Waals surface area contributed by atoms with Gasteiger partial charge in [-0.3, -0.25) is 4.90 Å². The fourth-order valence-electron chi connectivity index (χ4n) is 2.21. The molecule has 1 aromatic rings. The van der Waals surface area contributed by atoms with Crippen LogP contribution in [0, 0.1) is 0 Å². The molecule has 1 aromatic heterocycles. The van der Waals surface area contributed by atoms with Gasteiger partial charge in [-0.25, -0.2) is 0 Å². The van der Waals surface area contributed by atoms with Crippen molar-refractivity contribution in [1.29, 1.82) is 0 Å². The van der Waals surface area contributed by atoms with Gasteiger partial charge in [0.25, 0.3) is 0 Å². The minimum Gasteiger partial charge on any atom is -0.468 e. The Kier molecular flexibility index (Phi) is 5.10. The molecule has 0 atom stereocenters. The van der Waals surface area contributed by atoms with Crippen molar-refractivity contribution in [1.82, 2.24) is 10.2 Å². The van der Waals surface area contributed by atoms with Crippen LogP contribution in [0.25, 0.3) is 0 Å². The fourth-order valence-corrected chi connectivity index (χ4v) is 2.21. The van der Waals surface area contributed by atoms with Crippen LogP contribution < -0.4 is 5.32 Å². The maximum absolute atomic E-state index is 12.5. The molecule has 6 heteroatoms. The number of halogens is 3. The number of hydrogen-bond acceptors (Lipinski definition) is 3. The summed E-state index contributed by atoms with van der Waals surface area (Å²) in [4.78, 5) is 1.42. The Morgan fingerprint density at radius 1 is 1.40 bits per heavy atom. The van der Waals surface area contributed by atoms with Crippen molar-refractivity contribution in [2.24, 2.45) is 0 Å². The van der Waals surface area contributed by atoms with Gasteiger partial charge in [0, 0.05) is 18.2 Å². The number of hydrogen-bond donors (Lipinski definition) is 1. The van der Waals surface area contributed by atoms with E-state index in [0.717, 1.165) is 11.3 Å². The third-order valence-electron chi connectivity index (χ3n) is 3.30. The first-order valence-corrected chi connectivity index (χ1v) is 7.05. The van der Waals surface area contributed by atoms with Crippen LogP contribution in [0.1, 0.15) is 37.5 Å². The number of nitrogens with one attached hydrogen (secondary N) is 1. The number of furan rings is 1. The maximum atomic E-state index is 12.5. The predicted octanol–water partition coefficient (Wildman–Crippen LogP) is 3.31. The molecule has 1 fully saturated rings. The summed E-state index contributed by atoms with van der Waals surface area (Å²) < 4.78 is 43.0. The third kappa shape index (κ3) is 5.17. The molecule has 0 radical (unpaired) electrons. The first-order valence-electron chi connectivity index (χ1n) is 7.05. The highest BCUT2D eigenvalue weighted by Gasteiger charge is 2.31. The van der Waals surface area contributed by atoms with Crippen LogP contribution in [0.5, 0.6) is 0 Å². The second-order valence-corrected chi connectivity index (χ2v) is 5.35. The molecule has 0 amide bonds. The summed E-state index contributed by atoms with van der Waals surface area (Å²) in [6.07, 6.45) is 0.435. The van der Waals surface area contributed by atoms with E-state index in [1.54, 1.807) is 12.3 Å². The van der Waals surface area contributed by atoms with Crippen LogP contribution in [-0.4, -0.2) is 30.2 Å². The van der Waals surface area contributed by atoms with Crippen molar-refractivity contribution >= 4 is 0 Å². The summed E-state index contributed by atoms with van der Waals surface area (Å²) in [5.41, 5.74) is 0.843. The topological polar surface area (TPSA) is 28.4 Å². The second-order valence-electron chi connectivity index (χ2n) is 5.35. The molecule has 0 bridgehead atoms. The third-order valence-corrected chi connectivity index (χ3v) is 3.30. The highest BCUT2D eigenvalue weighted by molar-refractivity contribution is 5.17. The van der Waals surface area contributed by atoms with E-state index in [1.165, 1.54) is 17.7 Å². The summed E-state index contributed by atoms with van der Waals surface area (Å²) in [5, 5.41) is 3.32. The van der Waals surface area contributed by atoms with Gasteiger partial charge in [-0.2, -0.15) is 13.2 Å². The zero-order valence-electron chi connectivity index (χ0n) is 11.7. The van der Waals surface area contributed by atoms with Crippen LogP contribution in [0.2, 0.25) is 0 Å². The Morgan fingerprint density at radius 2 is 2.15 bits per heavy atom. The smallest absolute Gasteiger partial charge is 0.401 e. The number of alkyl halides is 3. The van der Waals surface area contributed by atoms with Gasteiger partial charge in [0.05, 0.1) is 19.4 Å². The van der Waals surface area contributed by atoms with Crippen LogP contribution in [-0.2, 0) is 13.1 Å². The summed E-state index contributed by atoms with van der Waals surface area (Å²) >= 11 is 0. The lowest BCUT2D eigenvalue weighted by Crippen LogP contribution is -2.34. The first-order chi connectivity index (χ1) is 9.48. The number of nitrogens with zero attached hydrogens (tertiary/aromatic N) is 1. The normalized spacial score (nSPS) is 16.1. The molecule has 2 rings (SSSR count). The maximum Gasteiger partial charge on any atom is 0.401 e. The molecule has 1 N–H and O–H groups in total. The van der Waals surface area contributed by atoms with Crippen LogP contribution in [0.15, 0.2) is 16.7 Å². The largest absolute Gasteiger partial charge is 0.468 e. The lowest BCUT2D eigenvalue weighted by Gasteiger charge is -2.23. The minimum absolute atomic E-state index is 0.283. The molecular weight excluding hydrogens is 269 g/mol. The predicted molar refractivity (Wildman–Crippen MR) is 70.2 cm³/mol. The average molecular weight is 290 g/mol. The van der Waals surface area contributed by atoms with E-state index < -0.39 is 12.7 Å². The zero-order chi connectivity index (χ0) is 14.6. The standard InChI is InChI=1S/C14H21F3N2O/c1-2-6-19(10-14(15,16)17)9-11-5-7-20-13(11)8-18-12-3-4-12/h5,7,12,18H,2-4,6,8-10H2,1H3. The molecule has 114 valence electrons. The van der Waals surface area contributed by atoms with Gasteiger partial charge < -0.3 is 9.73 Å². The van der Waals surface area contributed by atoms with Crippen molar-refractivity contribution in [3.63, 3.8) is 0 Å². The van der Waals surface area contributed by atoms with E-state index in [1.807, 2.05) is 6.92 Å². The van der Waals surface area contributed by atoms with Gasteiger partial charge in [0.15, 0.2) is 0 Å². The van der Waals surface area contributed by atoms with Gasteiger partial charge in [-0.15, -0.1) is 0 Å². The molecule has 3 nitrogen and oxygen atoms in total. The lowest BCUT2D eigenvalue weighted by molar-refractivity contribution is -0.147. The summed E-state index contributed by atoms with van der Waals surface area (Å²) in [7, 11) is 0. The molecule has 0 unspecified atom stereocenters. The molecule has 1 aliphatic rings. The highest BCUT2D eigenvalue weighted by atomic mass is 19.4. The Hall–Kier alpha value is -1.01. The molecule has 0 saturated heterocycles. The molecule has 1 saturated carbocycles. The zero-order valence-corrected chi connectivity index (χ0v) is 11.7. The van der Waals surface area contributed by atoms with Crippen molar-refractivity contribution in [3.8, 4) is 0 Å². The van der Waals surface area contributed by atoms with Gasteiger partial charge >= 0.3 is 6.18 Å². The second kappa shape index (κ2) is 6.63. The molecule has 0 aromatic carbocycles. The van der Waals surface area contributed by atoms with E-state index in [4.69, 9.17) is 4.42 Å². The van der Waals surface area contributed by atoms with Crippen molar-refractivity contribution in [2.45, 2.75) is 51.5 Å². The van der Waals surface area contributed by atoms with E-state index >= 15 is 0 Å². The van der Waals surface area contributed by atoms with E-state index in [9.17, 15) is 13.2 Å². The summed E-state index contributed by atoms with van der Waals surface area (Å²) in [6, 6.07) is 2.32. The molecule has 0 aliphatic heterocycles. The van der Waals surface area contributed by atoms with E-state index in [2.05, 4.69) is 5.32 Å². The molecular formula is C14H21F3N2O. The molecule has 1 aliphatic carbocycles.